The van der Waals surface area contributed by atoms with E-state index in [-0.39, 0.29) is 45.4 Å². The minimum absolute atomic E-state index is 0.0963. The Morgan fingerprint density at radius 2 is 1.97 bits per heavy atom. The fourth-order valence-electron chi connectivity index (χ4n) is 4.49. The summed E-state index contributed by atoms with van der Waals surface area (Å²) in [6.45, 7) is 7.35. The van der Waals surface area contributed by atoms with Crippen LogP contribution < -0.4 is 10.6 Å². The monoisotopic (exact) mass is 556 g/mol. The van der Waals surface area contributed by atoms with Crippen LogP contribution in [0.3, 0.4) is 0 Å². The zero-order valence-corrected chi connectivity index (χ0v) is 22.8. The first-order chi connectivity index (χ1) is 18.5. The van der Waals surface area contributed by atoms with Crippen molar-refractivity contribution in [2.75, 3.05) is 18.4 Å². The summed E-state index contributed by atoms with van der Waals surface area (Å²) >= 11 is 0.702. The van der Waals surface area contributed by atoms with Gasteiger partial charge in [0.05, 0.1) is 26.9 Å². The number of anilines is 1. The van der Waals surface area contributed by atoms with Crippen LogP contribution in [0, 0.1) is 16.7 Å². The van der Waals surface area contributed by atoms with Crippen LogP contribution in [0.2, 0.25) is 0 Å². The number of likely N-dealkylation sites (tertiary alicyclic amines) is 1. The molecule has 1 fully saturated rings. The highest BCUT2D eigenvalue weighted by atomic mass is 32.1. The summed E-state index contributed by atoms with van der Waals surface area (Å²) in [5, 5.41) is 14.6. The third-order valence-electron chi connectivity index (χ3n) is 6.40. The highest BCUT2D eigenvalue weighted by molar-refractivity contribution is 7.14. The maximum absolute atomic E-state index is 13.1. The third-order valence-corrected chi connectivity index (χ3v) is 7.49. The van der Waals surface area contributed by atoms with Crippen molar-refractivity contribution in [3.8, 4) is 6.07 Å². The average Bonchev–Trinajstić information content (AvgIpc) is 3.61. The maximum atomic E-state index is 13.1. The molecule has 3 aromatic rings. The molecule has 0 spiro atoms. The van der Waals surface area contributed by atoms with E-state index in [9.17, 15) is 23.2 Å². The van der Waals surface area contributed by atoms with Crippen molar-refractivity contribution >= 4 is 46.0 Å². The molecular weight excluding hydrogens is 526 g/mol. The highest BCUT2D eigenvalue weighted by Crippen LogP contribution is 2.29. The molecule has 2 aromatic heterocycles. The molecule has 0 bridgehead atoms. The van der Waals surface area contributed by atoms with Crippen molar-refractivity contribution in [3.05, 3.63) is 45.6 Å². The molecule has 0 aliphatic carbocycles. The normalized spacial score (nSPS) is 15.5. The van der Waals surface area contributed by atoms with Gasteiger partial charge in [0.2, 0.25) is 11.9 Å². The molecule has 12 heteroatoms. The van der Waals surface area contributed by atoms with Gasteiger partial charge in [-0.15, -0.1) is 11.3 Å². The minimum atomic E-state index is -2.68. The molecule has 2 N–H and O–H groups in total. The highest BCUT2D eigenvalue weighted by Gasteiger charge is 2.30. The predicted octanol–water partition coefficient (Wildman–Crippen LogP) is 4.97. The minimum Gasteiger partial charge on any atom is -0.352 e. The number of nitrogens with zero attached hydrogens (tertiary/aromatic N) is 4. The summed E-state index contributed by atoms with van der Waals surface area (Å²) in [7, 11) is 0. The van der Waals surface area contributed by atoms with Gasteiger partial charge in [-0.25, -0.2) is 13.8 Å². The molecule has 9 nitrogen and oxygen atoms in total. The molecule has 1 aliphatic rings. The first-order valence-corrected chi connectivity index (χ1v) is 13.4. The average molecular weight is 557 g/mol. The Bertz CT molecular complexity index is 1440. The molecule has 4 rings (SSSR count). The number of thiophene rings is 1. The van der Waals surface area contributed by atoms with E-state index in [4.69, 9.17) is 5.26 Å². The van der Waals surface area contributed by atoms with Gasteiger partial charge in [-0.05, 0) is 48.6 Å². The summed E-state index contributed by atoms with van der Waals surface area (Å²) in [5.74, 6) is -0.927. The molecule has 0 unspecified atom stereocenters. The summed E-state index contributed by atoms with van der Waals surface area (Å²) in [5.41, 5.74) is 1.40. The number of carbonyl (C=O) groups is 3. The van der Waals surface area contributed by atoms with E-state index in [2.05, 4.69) is 15.6 Å². The second kappa shape index (κ2) is 11.5. The lowest BCUT2D eigenvalue weighted by Crippen LogP contribution is -2.38. The first-order valence-electron chi connectivity index (χ1n) is 12.6. The third kappa shape index (κ3) is 6.60. The SMILES string of the molecule is CC(C)(C)CNC(=O)c1ccc2c(c1)nc(NC(=O)c1ccc(C(F)F)s1)n2C[C@H]1CCCN1C(=O)CC#N. The number of benzene rings is 1. The summed E-state index contributed by atoms with van der Waals surface area (Å²) in [4.78, 5) is 44.4. The molecule has 1 aromatic carbocycles. The van der Waals surface area contributed by atoms with E-state index < -0.39 is 12.3 Å². The number of amides is 3. The van der Waals surface area contributed by atoms with E-state index in [1.165, 1.54) is 12.1 Å². The van der Waals surface area contributed by atoms with Crippen LogP contribution in [0.15, 0.2) is 30.3 Å². The number of nitrogens with one attached hydrogen (secondary N) is 2. The Morgan fingerprint density at radius 3 is 2.64 bits per heavy atom. The second-order valence-corrected chi connectivity index (χ2v) is 11.8. The smallest absolute Gasteiger partial charge is 0.272 e. The number of alkyl halides is 2. The number of hydrogen-bond acceptors (Lipinski definition) is 6. The van der Waals surface area contributed by atoms with E-state index in [0.717, 1.165) is 6.42 Å². The lowest BCUT2D eigenvalue weighted by Gasteiger charge is -2.25. The van der Waals surface area contributed by atoms with Crippen LogP contribution in [-0.2, 0) is 11.3 Å². The topological polar surface area (TPSA) is 120 Å². The van der Waals surface area contributed by atoms with E-state index in [1.54, 1.807) is 27.7 Å². The van der Waals surface area contributed by atoms with Gasteiger partial charge in [-0.2, -0.15) is 5.26 Å². The Morgan fingerprint density at radius 1 is 1.21 bits per heavy atom. The molecule has 1 aliphatic heterocycles. The Labute approximate surface area is 228 Å². The van der Waals surface area contributed by atoms with Crippen LogP contribution in [0.5, 0.6) is 0 Å². The Hall–Kier alpha value is -3.85. The number of carbonyl (C=O) groups excluding carboxylic acids is 3. The van der Waals surface area contributed by atoms with Gasteiger partial charge >= 0.3 is 0 Å². The number of halogens is 2. The Kier molecular flexibility index (Phi) is 8.30. The fourth-order valence-corrected chi connectivity index (χ4v) is 5.25. The lowest BCUT2D eigenvalue weighted by molar-refractivity contribution is -0.131. The van der Waals surface area contributed by atoms with Crippen LogP contribution in [0.4, 0.5) is 14.7 Å². The number of hydrogen-bond donors (Lipinski definition) is 2. The number of nitriles is 1. The molecule has 3 heterocycles. The van der Waals surface area contributed by atoms with Gasteiger partial charge in [-0.3, -0.25) is 19.7 Å². The fraction of sp³-hybridized carbons (Fsp3) is 0.444. The summed E-state index contributed by atoms with van der Waals surface area (Å²) in [6.07, 6.45) is -1.41. The first kappa shape index (κ1) is 28.2. The van der Waals surface area contributed by atoms with Gasteiger partial charge < -0.3 is 14.8 Å². The number of fused-ring (bicyclic) bond motifs is 1. The molecule has 1 atom stereocenters. The van der Waals surface area contributed by atoms with Gasteiger partial charge in [0, 0.05) is 31.2 Å². The zero-order chi connectivity index (χ0) is 28.3. The molecule has 0 saturated carbocycles. The van der Waals surface area contributed by atoms with Crippen LogP contribution >= 0.6 is 11.3 Å². The molecule has 3 amide bonds. The number of imidazole rings is 1. The largest absolute Gasteiger partial charge is 0.352 e. The van der Waals surface area contributed by atoms with Crippen molar-refractivity contribution < 1.29 is 23.2 Å². The van der Waals surface area contributed by atoms with Gasteiger partial charge in [0.1, 0.15) is 6.42 Å². The van der Waals surface area contributed by atoms with E-state index >= 15 is 0 Å². The van der Waals surface area contributed by atoms with Gasteiger partial charge in [-0.1, -0.05) is 20.8 Å². The molecular formula is C27H30F2N6O3S. The van der Waals surface area contributed by atoms with Gasteiger partial charge in [0.15, 0.2) is 0 Å². The Balaban J connectivity index is 1.67. The van der Waals surface area contributed by atoms with Crippen molar-refractivity contribution in [1.29, 1.82) is 5.26 Å². The number of rotatable bonds is 8. The summed E-state index contributed by atoms with van der Waals surface area (Å²) in [6, 6.07) is 9.27. The van der Waals surface area contributed by atoms with Crippen molar-refractivity contribution in [1.82, 2.24) is 19.8 Å². The maximum Gasteiger partial charge on any atom is 0.272 e. The van der Waals surface area contributed by atoms with Crippen LogP contribution in [-0.4, -0.2) is 51.3 Å². The predicted molar refractivity (Wildman–Crippen MR) is 144 cm³/mol. The summed E-state index contributed by atoms with van der Waals surface area (Å²) < 4.78 is 27.9. The molecule has 1 saturated heterocycles. The van der Waals surface area contributed by atoms with E-state index in [0.29, 0.717) is 54.0 Å². The number of aromatic nitrogens is 2. The molecule has 0 radical (unpaired) electrons. The van der Waals surface area contributed by atoms with Crippen molar-refractivity contribution in [3.63, 3.8) is 0 Å². The van der Waals surface area contributed by atoms with Crippen LogP contribution in [0.25, 0.3) is 11.0 Å². The molecule has 206 valence electrons. The van der Waals surface area contributed by atoms with Crippen molar-refractivity contribution in [2.24, 2.45) is 5.41 Å². The van der Waals surface area contributed by atoms with Crippen molar-refractivity contribution in [2.45, 2.75) is 59.0 Å². The van der Waals surface area contributed by atoms with Gasteiger partial charge in [0.25, 0.3) is 18.2 Å². The standard InChI is InChI=1S/C27H30F2N6O3S/c1-27(2,3)15-31-24(37)16-6-7-19-18(13-16)32-26(33-25(38)21-9-8-20(39-21)23(28)29)35(19)14-17-5-4-12-34(17)22(36)10-11-30/h6-9,13,17,23H,4-5,10,12,14-15H2,1-3H3,(H,31,37)(H,32,33,38)/t17-/m1/s1. The zero-order valence-electron chi connectivity index (χ0n) is 22.0. The molecule has 39 heavy (non-hydrogen) atoms. The quantitative estimate of drug-likeness (QED) is 0.406. The lowest BCUT2D eigenvalue weighted by atomic mass is 9.97. The van der Waals surface area contributed by atoms with Crippen LogP contribution in [0.1, 0.15) is 71.4 Å². The van der Waals surface area contributed by atoms with E-state index in [1.807, 2.05) is 26.8 Å². The second-order valence-electron chi connectivity index (χ2n) is 10.7.